The highest BCUT2D eigenvalue weighted by atomic mass is 16.5. The lowest BCUT2D eigenvalue weighted by Gasteiger charge is -2.19. The summed E-state index contributed by atoms with van der Waals surface area (Å²) in [4.78, 5) is 12.0. The lowest BCUT2D eigenvalue weighted by molar-refractivity contribution is -0.119. The summed E-state index contributed by atoms with van der Waals surface area (Å²) in [6, 6.07) is 13.8. The number of fused-ring (bicyclic) bond motifs is 1. The average molecular weight is 252 g/mol. The van der Waals surface area contributed by atoms with Crippen molar-refractivity contribution >= 4 is 16.7 Å². The summed E-state index contributed by atoms with van der Waals surface area (Å²) in [7, 11) is 1.54. The van der Waals surface area contributed by atoms with Gasteiger partial charge in [-0.25, -0.2) is 0 Å². The molecule has 4 nitrogen and oxygen atoms in total. The molecule has 0 fully saturated rings. The molecule has 19 heavy (non-hydrogen) atoms. The van der Waals surface area contributed by atoms with E-state index in [4.69, 9.17) is 4.74 Å². The van der Waals surface area contributed by atoms with Crippen LogP contribution < -0.4 is 0 Å². The number of amides is 1. The second kappa shape index (κ2) is 4.65. The van der Waals surface area contributed by atoms with Gasteiger partial charge in [0.05, 0.1) is 13.3 Å². The van der Waals surface area contributed by atoms with E-state index in [2.05, 4.69) is 10.2 Å². The van der Waals surface area contributed by atoms with Crippen LogP contribution in [0.3, 0.4) is 0 Å². The van der Waals surface area contributed by atoms with Crippen molar-refractivity contribution in [1.82, 2.24) is 0 Å². The van der Waals surface area contributed by atoms with Crippen LogP contribution in [-0.4, -0.2) is 13.0 Å². The lowest BCUT2D eigenvalue weighted by atomic mass is 9.91. The van der Waals surface area contributed by atoms with E-state index in [0.717, 1.165) is 16.3 Å². The number of methoxy groups -OCH3 is 1. The minimum absolute atomic E-state index is 0.296. The molecule has 1 unspecified atom stereocenters. The Morgan fingerprint density at radius 2 is 1.89 bits per heavy atom. The molecule has 94 valence electrons. The molecular weight excluding hydrogens is 240 g/mol. The topological polar surface area (TPSA) is 51.0 Å². The van der Waals surface area contributed by atoms with Crippen molar-refractivity contribution in [2.24, 2.45) is 10.2 Å². The highest BCUT2D eigenvalue weighted by molar-refractivity contribution is 5.95. The number of rotatable bonds is 2. The van der Waals surface area contributed by atoms with Crippen LogP contribution in [0.5, 0.6) is 0 Å². The predicted octanol–water partition coefficient (Wildman–Crippen LogP) is 3.40. The van der Waals surface area contributed by atoms with Crippen molar-refractivity contribution in [3.63, 3.8) is 0 Å². The van der Waals surface area contributed by atoms with E-state index in [9.17, 15) is 4.79 Å². The van der Waals surface area contributed by atoms with Gasteiger partial charge in [-0.2, -0.15) is 5.11 Å². The molecular formula is C15H12N2O2. The van der Waals surface area contributed by atoms with Crippen LogP contribution in [0.25, 0.3) is 10.8 Å². The molecule has 0 spiro atoms. The first-order valence-corrected chi connectivity index (χ1v) is 5.97. The van der Waals surface area contributed by atoms with Crippen LogP contribution in [-0.2, 0) is 9.53 Å². The van der Waals surface area contributed by atoms with Gasteiger partial charge in [0.2, 0.25) is 0 Å². The molecule has 2 aromatic carbocycles. The summed E-state index contributed by atoms with van der Waals surface area (Å²) >= 11 is 0. The third kappa shape index (κ3) is 1.91. The summed E-state index contributed by atoms with van der Waals surface area (Å²) in [5.41, 5.74) is 0.898. The average Bonchev–Trinajstić information content (AvgIpc) is 2.46. The second-order valence-electron chi connectivity index (χ2n) is 4.29. The van der Waals surface area contributed by atoms with Gasteiger partial charge in [-0.1, -0.05) is 42.5 Å². The third-order valence-electron chi connectivity index (χ3n) is 3.24. The van der Waals surface area contributed by atoms with Crippen LogP contribution in [0.4, 0.5) is 0 Å². The Balaban J connectivity index is 2.21. The lowest BCUT2D eigenvalue weighted by Crippen LogP contribution is -2.16. The van der Waals surface area contributed by atoms with Crippen LogP contribution in [0, 0.1) is 0 Å². The molecule has 2 aromatic rings. The zero-order valence-electron chi connectivity index (χ0n) is 10.4. The number of hydrogen-bond acceptors (Lipinski definition) is 3. The molecule has 0 N–H and O–H groups in total. The molecule has 0 saturated heterocycles. The highest BCUT2D eigenvalue weighted by Crippen LogP contribution is 2.33. The minimum Gasteiger partial charge on any atom is -0.498 e. The third-order valence-corrected chi connectivity index (χ3v) is 3.24. The maximum atomic E-state index is 12.0. The van der Waals surface area contributed by atoms with Gasteiger partial charge >= 0.3 is 0 Å². The fourth-order valence-corrected chi connectivity index (χ4v) is 2.36. The number of ether oxygens (including phenoxy) is 1. The van der Waals surface area contributed by atoms with Crippen LogP contribution in [0.1, 0.15) is 11.5 Å². The fourth-order valence-electron chi connectivity index (χ4n) is 2.36. The van der Waals surface area contributed by atoms with E-state index in [1.165, 1.54) is 13.3 Å². The summed E-state index contributed by atoms with van der Waals surface area (Å²) in [5, 5.41) is 9.40. The van der Waals surface area contributed by atoms with Gasteiger partial charge in [0.25, 0.3) is 5.91 Å². The van der Waals surface area contributed by atoms with Gasteiger partial charge in [0.1, 0.15) is 11.7 Å². The molecule has 4 heteroatoms. The molecule has 1 atom stereocenters. The monoisotopic (exact) mass is 252 g/mol. The highest BCUT2D eigenvalue weighted by Gasteiger charge is 2.29. The quantitative estimate of drug-likeness (QED) is 0.822. The molecule has 0 aromatic heterocycles. The van der Waals surface area contributed by atoms with E-state index in [0.29, 0.717) is 5.76 Å². The van der Waals surface area contributed by atoms with Gasteiger partial charge in [-0.15, -0.1) is 5.11 Å². The zero-order valence-corrected chi connectivity index (χ0v) is 10.4. The summed E-state index contributed by atoms with van der Waals surface area (Å²) in [6.07, 6.45) is 1.49. The van der Waals surface area contributed by atoms with Crippen molar-refractivity contribution < 1.29 is 9.53 Å². The number of carbonyl (C=O) groups excluding carboxylic acids is 1. The van der Waals surface area contributed by atoms with Gasteiger partial charge < -0.3 is 4.74 Å². The molecule has 1 heterocycles. The molecule has 0 radical (unpaired) electrons. The Bertz CT molecular complexity index is 699. The molecule has 0 aliphatic carbocycles. The maximum Gasteiger partial charge on any atom is 0.279 e. The van der Waals surface area contributed by atoms with E-state index in [1.807, 2.05) is 42.5 Å². The molecule has 1 aliphatic rings. The summed E-state index contributed by atoms with van der Waals surface area (Å²) in [5.74, 6) is -0.277. The number of benzene rings is 2. The molecule has 1 amide bonds. The van der Waals surface area contributed by atoms with Gasteiger partial charge in [-0.3, -0.25) is 4.79 Å². The zero-order chi connectivity index (χ0) is 13.2. The van der Waals surface area contributed by atoms with Crippen LogP contribution >= 0.6 is 0 Å². The van der Waals surface area contributed by atoms with Crippen molar-refractivity contribution in [3.05, 3.63) is 60.0 Å². The van der Waals surface area contributed by atoms with Crippen molar-refractivity contribution in [2.45, 2.75) is 5.92 Å². The smallest absolute Gasteiger partial charge is 0.279 e. The SMILES string of the molecule is COC1=CN=NC(=O)C1c1cccc2ccccc12. The number of nitrogens with zero attached hydrogens (tertiary/aromatic N) is 2. The van der Waals surface area contributed by atoms with Crippen LogP contribution in [0.2, 0.25) is 0 Å². The van der Waals surface area contributed by atoms with Crippen LogP contribution in [0.15, 0.2) is 64.7 Å². The second-order valence-corrected chi connectivity index (χ2v) is 4.29. The molecule has 3 rings (SSSR count). The standard InChI is InChI=1S/C15H12N2O2/c1-19-13-9-16-17-15(18)14(13)12-8-4-6-10-5-2-3-7-11(10)12/h2-9,14H,1H3. The van der Waals surface area contributed by atoms with Crippen molar-refractivity contribution in [2.75, 3.05) is 7.11 Å². The summed E-state index contributed by atoms with van der Waals surface area (Å²) in [6.45, 7) is 0. The Kier molecular flexibility index (Phi) is 2.83. The molecule has 1 aliphatic heterocycles. The van der Waals surface area contributed by atoms with Gasteiger partial charge in [0.15, 0.2) is 0 Å². The molecule has 0 saturated carbocycles. The maximum absolute atomic E-state index is 12.0. The Morgan fingerprint density at radius 1 is 1.11 bits per heavy atom. The van der Waals surface area contributed by atoms with E-state index >= 15 is 0 Å². The van der Waals surface area contributed by atoms with E-state index in [-0.39, 0.29) is 5.91 Å². The Hall–Kier alpha value is -2.49. The first kappa shape index (κ1) is 11.6. The number of carbonyl (C=O) groups is 1. The first-order valence-electron chi connectivity index (χ1n) is 5.97. The normalized spacial score (nSPS) is 18.5. The van der Waals surface area contributed by atoms with E-state index in [1.54, 1.807) is 0 Å². The first-order chi connectivity index (χ1) is 9.31. The number of azo groups is 1. The Morgan fingerprint density at radius 3 is 2.74 bits per heavy atom. The summed E-state index contributed by atoms with van der Waals surface area (Å²) < 4.78 is 5.26. The Labute approximate surface area is 110 Å². The largest absolute Gasteiger partial charge is 0.498 e. The minimum atomic E-state index is -0.506. The molecule has 0 bridgehead atoms. The fraction of sp³-hybridized carbons (Fsp3) is 0.133. The van der Waals surface area contributed by atoms with Gasteiger partial charge in [0, 0.05) is 0 Å². The van der Waals surface area contributed by atoms with E-state index < -0.39 is 5.92 Å². The van der Waals surface area contributed by atoms with Gasteiger partial charge in [-0.05, 0) is 16.3 Å². The van der Waals surface area contributed by atoms with Crippen molar-refractivity contribution in [3.8, 4) is 0 Å². The van der Waals surface area contributed by atoms with Crippen molar-refractivity contribution in [1.29, 1.82) is 0 Å². The number of hydrogen-bond donors (Lipinski definition) is 0. The predicted molar refractivity (Wildman–Crippen MR) is 71.6 cm³/mol.